The van der Waals surface area contributed by atoms with Gasteiger partial charge in [0.25, 0.3) is 0 Å². The number of nitrogens with zero attached hydrogens (tertiary/aromatic N) is 4. The molecule has 2 unspecified atom stereocenters. The Labute approximate surface area is 163 Å². The highest BCUT2D eigenvalue weighted by atomic mass is 19.1. The van der Waals surface area contributed by atoms with Gasteiger partial charge in [-0.1, -0.05) is 12.1 Å². The maximum Gasteiger partial charge on any atom is 0.241 e. The maximum absolute atomic E-state index is 13.4. The maximum atomic E-state index is 13.4. The van der Waals surface area contributed by atoms with Gasteiger partial charge in [0.2, 0.25) is 11.8 Å². The molecule has 3 aliphatic heterocycles. The molecule has 0 spiro atoms. The molecular weight excluding hydrogens is 361 g/mol. The van der Waals surface area contributed by atoms with Crippen molar-refractivity contribution in [3.8, 4) is 6.07 Å². The number of likely N-dealkylation sites (tertiary alicyclic amines) is 3. The highest BCUT2D eigenvalue weighted by molar-refractivity contribution is 5.86. The number of nitriles is 1. The van der Waals surface area contributed by atoms with Crippen LogP contribution >= 0.6 is 0 Å². The second-order valence-corrected chi connectivity index (χ2v) is 7.88. The van der Waals surface area contributed by atoms with Crippen molar-refractivity contribution in [1.29, 1.82) is 5.26 Å². The minimum absolute atomic E-state index is 0.0104. The Morgan fingerprint density at radius 2 is 2.25 bits per heavy atom. The summed E-state index contributed by atoms with van der Waals surface area (Å²) in [5.41, 5.74) is 6.91. The van der Waals surface area contributed by atoms with Crippen LogP contribution in [0.3, 0.4) is 0 Å². The Bertz CT molecular complexity index is 825. The van der Waals surface area contributed by atoms with E-state index in [0.29, 0.717) is 39.0 Å². The standard InChI is InChI=1S/C20H24FN5O2/c21-14-4-1-3-13(7-14)10-26-16-8-18(20(26)28)24(11-16)12-17(23)19(27)25-6-2-5-15(25)9-22/h1,3-4,7,15-18H,2,5-6,8,10-12,23H2/t15?,16-,17?,18-/m0/s1. The van der Waals surface area contributed by atoms with Gasteiger partial charge in [-0.3, -0.25) is 14.5 Å². The molecule has 2 amide bonds. The molecule has 7 nitrogen and oxygen atoms in total. The van der Waals surface area contributed by atoms with E-state index < -0.39 is 12.1 Å². The van der Waals surface area contributed by atoms with Gasteiger partial charge in [0.1, 0.15) is 11.9 Å². The number of benzene rings is 1. The number of fused-ring (bicyclic) bond motifs is 2. The molecule has 3 fully saturated rings. The summed E-state index contributed by atoms with van der Waals surface area (Å²) in [6, 6.07) is 7.11. The molecular formula is C20H24FN5O2. The average Bonchev–Trinajstić information content (AvgIpc) is 3.37. The predicted molar refractivity (Wildman–Crippen MR) is 99.0 cm³/mol. The Hall–Kier alpha value is -2.50. The highest BCUT2D eigenvalue weighted by Crippen LogP contribution is 2.33. The van der Waals surface area contributed by atoms with Crippen molar-refractivity contribution in [3.05, 3.63) is 35.6 Å². The van der Waals surface area contributed by atoms with E-state index >= 15 is 0 Å². The fourth-order valence-electron chi connectivity index (χ4n) is 4.68. The zero-order chi connectivity index (χ0) is 19.8. The minimum Gasteiger partial charge on any atom is -0.333 e. The number of carbonyl (C=O) groups excluding carboxylic acids is 2. The summed E-state index contributed by atoms with van der Waals surface area (Å²) < 4.78 is 13.4. The fraction of sp³-hybridized carbons (Fsp3) is 0.550. The Balaban J connectivity index is 1.36. The van der Waals surface area contributed by atoms with Crippen molar-refractivity contribution in [3.63, 3.8) is 0 Å². The monoisotopic (exact) mass is 385 g/mol. The van der Waals surface area contributed by atoms with Crippen molar-refractivity contribution in [1.82, 2.24) is 14.7 Å². The van der Waals surface area contributed by atoms with Crippen LogP contribution in [0.5, 0.6) is 0 Å². The number of halogens is 1. The van der Waals surface area contributed by atoms with Gasteiger partial charge in [0.05, 0.1) is 18.2 Å². The lowest BCUT2D eigenvalue weighted by atomic mass is 10.1. The molecule has 1 aromatic rings. The summed E-state index contributed by atoms with van der Waals surface area (Å²) in [6.45, 7) is 1.94. The third-order valence-electron chi connectivity index (χ3n) is 6.07. The van der Waals surface area contributed by atoms with Crippen molar-refractivity contribution in [2.45, 2.75) is 50.0 Å². The van der Waals surface area contributed by atoms with Gasteiger partial charge in [-0.25, -0.2) is 4.39 Å². The van der Waals surface area contributed by atoms with Crippen LogP contribution in [0.2, 0.25) is 0 Å². The number of nitrogens with two attached hydrogens (primary N) is 1. The lowest BCUT2D eigenvalue weighted by Gasteiger charge is -2.35. The summed E-state index contributed by atoms with van der Waals surface area (Å²) in [4.78, 5) is 30.8. The molecule has 2 bridgehead atoms. The number of rotatable bonds is 5. The van der Waals surface area contributed by atoms with Crippen LogP contribution in [0.25, 0.3) is 0 Å². The first-order chi connectivity index (χ1) is 13.5. The van der Waals surface area contributed by atoms with Crippen molar-refractivity contribution in [2.75, 3.05) is 19.6 Å². The first-order valence-corrected chi connectivity index (χ1v) is 9.72. The lowest BCUT2D eigenvalue weighted by Crippen LogP contribution is -2.56. The molecule has 0 radical (unpaired) electrons. The van der Waals surface area contributed by atoms with Gasteiger partial charge in [-0.15, -0.1) is 0 Å². The number of piperazine rings is 1. The molecule has 0 aromatic heterocycles. The molecule has 3 heterocycles. The van der Waals surface area contributed by atoms with E-state index in [2.05, 4.69) is 6.07 Å². The number of hydrogen-bond donors (Lipinski definition) is 1. The van der Waals surface area contributed by atoms with Crippen LogP contribution in [0.15, 0.2) is 24.3 Å². The van der Waals surface area contributed by atoms with Crippen LogP contribution in [-0.4, -0.2) is 70.3 Å². The minimum atomic E-state index is -0.738. The van der Waals surface area contributed by atoms with Crippen LogP contribution in [-0.2, 0) is 16.1 Å². The number of carbonyl (C=O) groups is 2. The Morgan fingerprint density at radius 3 is 2.96 bits per heavy atom. The van der Waals surface area contributed by atoms with Gasteiger partial charge in [0.15, 0.2) is 0 Å². The number of amides is 2. The largest absolute Gasteiger partial charge is 0.333 e. The summed E-state index contributed by atoms with van der Waals surface area (Å²) >= 11 is 0. The van der Waals surface area contributed by atoms with Gasteiger partial charge < -0.3 is 15.5 Å². The van der Waals surface area contributed by atoms with Crippen molar-refractivity contribution in [2.24, 2.45) is 5.73 Å². The van der Waals surface area contributed by atoms with E-state index in [1.807, 2.05) is 11.0 Å². The Morgan fingerprint density at radius 1 is 1.43 bits per heavy atom. The molecule has 3 saturated heterocycles. The quantitative estimate of drug-likeness (QED) is 0.794. The summed E-state index contributed by atoms with van der Waals surface area (Å²) in [5, 5.41) is 9.17. The zero-order valence-corrected chi connectivity index (χ0v) is 15.6. The molecule has 4 atom stereocenters. The fourth-order valence-corrected chi connectivity index (χ4v) is 4.68. The van der Waals surface area contributed by atoms with E-state index in [4.69, 9.17) is 5.73 Å². The van der Waals surface area contributed by atoms with Gasteiger partial charge in [-0.05, 0) is 37.0 Å². The van der Waals surface area contributed by atoms with Gasteiger partial charge in [0, 0.05) is 32.2 Å². The molecule has 1 aromatic carbocycles. The molecule has 0 saturated carbocycles. The first kappa shape index (κ1) is 18.8. The Kier molecular flexibility index (Phi) is 5.04. The predicted octanol–water partition coefficient (Wildman–Crippen LogP) is 0.453. The lowest BCUT2D eigenvalue weighted by molar-refractivity contribution is -0.139. The third-order valence-corrected chi connectivity index (χ3v) is 6.07. The molecule has 3 aliphatic rings. The SMILES string of the molecule is N#CC1CCCN1C(=O)C(N)CN1C[C@@H]2C[C@H]1C(=O)N2Cc1cccc(F)c1. The van der Waals surface area contributed by atoms with E-state index in [1.54, 1.807) is 15.9 Å². The normalized spacial score (nSPS) is 28.0. The summed E-state index contributed by atoms with van der Waals surface area (Å²) in [7, 11) is 0. The van der Waals surface area contributed by atoms with Crippen LogP contribution in [0.4, 0.5) is 4.39 Å². The van der Waals surface area contributed by atoms with E-state index in [-0.39, 0.29) is 29.7 Å². The molecule has 0 aliphatic carbocycles. The molecule has 148 valence electrons. The number of hydrogen-bond acceptors (Lipinski definition) is 5. The van der Waals surface area contributed by atoms with Crippen molar-refractivity contribution >= 4 is 11.8 Å². The smallest absolute Gasteiger partial charge is 0.241 e. The van der Waals surface area contributed by atoms with Gasteiger partial charge >= 0.3 is 0 Å². The average molecular weight is 385 g/mol. The second-order valence-electron chi connectivity index (χ2n) is 7.88. The third kappa shape index (κ3) is 3.36. The van der Waals surface area contributed by atoms with Crippen LogP contribution in [0.1, 0.15) is 24.8 Å². The van der Waals surface area contributed by atoms with E-state index in [1.165, 1.54) is 12.1 Å². The molecule has 28 heavy (non-hydrogen) atoms. The van der Waals surface area contributed by atoms with Crippen LogP contribution < -0.4 is 5.73 Å². The molecule has 8 heteroatoms. The summed E-state index contributed by atoms with van der Waals surface area (Å²) in [5.74, 6) is -0.509. The molecule has 4 rings (SSSR count). The summed E-state index contributed by atoms with van der Waals surface area (Å²) in [6.07, 6.45) is 2.22. The zero-order valence-electron chi connectivity index (χ0n) is 15.6. The highest BCUT2D eigenvalue weighted by Gasteiger charge is 2.50. The van der Waals surface area contributed by atoms with Gasteiger partial charge in [-0.2, -0.15) is 5.26 Å². The van der Waals surface area contributed by atoms with Crippen LogP contribution in [0, 0.1) is 17.1 Å². The molecule has 2 N–H and O–H groups in total. The topological polar surface area (TPSA) is 93.7 Å². The van der Waals surface area contributed by atoms with E-state index in [0.717, 1.165) is 12.0 Å². The first-order valence-electron chi connectivity index (χ1n) is 9.72. The second kappa shape index (κ2) is 7.49. The van der Waals surface area contributed by atoms with E-state index in [9.17, 15) is 19.2 Å². The van der Waals surface area contributed by atoms with Crippen molar-refractivity contribution < 1.29 is 14.0 Å².